The molecule has 1 N–H and O–H groups in total. The van der Waals surface area contributed by atoms with Crippen LogP contribution in [-0.2, 0) is 4.84 Å². The highest BCUT2D eigenvalue weighted by Crippen LogP contribution is 2.20. The Morgan fingerprint density at radius 2 is 2.00 bits per heavy atom. The van der Waals surface area contributed by atoms with E-state index in [4.69, 9.17) is 4.84 Å². The van der Waals surface area contributed by atoms with Crippen LogP contribution in [0.25, 0.3) is 0 Å². The maximum Gasteiger partial charge on any atom is 0.282 e. The second kappa shape index (κ2) is 5.14. The van der Waals surface area contributed by atoms with E-state index in [0.29, 0.717) is 0 Å². The minimum atomic E-state index is -0.625. The normalized spacial score (nSPS) is 11.1. The molecule has 1 aromatic rings. The molecule has 1 rings (SSSR count). The molecule has 0 atom stereocenters. The molecule has 0 unspecified atom stereocenters. The smallest absolute Gasteiger partial charge is 0.268 e. The summed E-state index contributed by atoms with van der Waals surface area (Å²) in [4.78, 5) is 27.2. The number of hydroxylamine groups is 1. The summed E-state index contributed by atoms with van der Waals surface area (Å²) in [6.45, 7) is 7.04. The fourth-order valence-corrected chi connectivity index (χ4v) is 1.25. The van der Waals surface area contributed by atoms with Crippen LogP contribution in [0.4, 0.5) is 5.69 Å². The highest BCUT2D eigenvalue weighted by molar-refractivity contribution is 5.97. The van der Waals surface area contributed by atoms with Gasteiger partial charge in [0.05, 0.1) is 10.5 Å². The van der Waals surface area contributed by atoms with Crippen molar-refractivity contribution >= 4 is 11.6 Å². The summed E-state index contributed by atoms with van der Waals surface area (Å²) in [6.07, 6.45) is 0. The maximum absolute atomic E-state index is 11.8. The van der Waals surface area contributed by atoms with E-state index in [9.17, 15) is 14.9 Å². The zero-order valence-electron chi connectivity index (χ0n) is 10.8. The summed E-state index contributed by atoms with van der Waals surface area (Å²) in [7, 11) is 0. The van der Waals surface area contributed by atoms with E-state index < -0.39 is 16.4 Å². The first kappa shape index (κ1) is 14.1. The van der Waals surface area contributed by atoms with Crippen LogP contribution in [0.3, 0.4) is 0 Å². The summed E-state index contributed by atoms with van der Waals surface area (Å²) in [6, 6.07) is 4.35. The second-order valence-electron chi connectivity index (χ2n) is 4.92. The maximum atomic E-state index is 11.8. The SMILES string of the molecule is Cc1ccc([N+](=O)[O-])c(C(=O)NOC(C)(C)C)c1. The van der Waals surface area contributed by atoms with Crippen LogP contribution < -0.4 is 5.48 Å². The van der Waals surface area contributed by atoms with Gasteiger partial charge in [0.25, 0.3) is 11.6 Å². The van der Waals surface area contributed by atoms with Crippen LogP contribution >= 0.6 is 0 Å². The van der Waals surface area contributed by atoms with Crippen LogP contribution in [0.2, 0.25) is 0 Å². The Hall–Kier alpha value is -1.95. The Morgan fingerprint density at radius 3 is 2.50 bits per heavy atom. The summed E-state index contributed by atoms with van der Waals surface area (Å²) in [5.74, 6) is -0.625. The summed E-state index contributed by atoms with van der Waals surface area (Å²) in [5.41, 5.74) is 2.17. The topological polar surface area (TPSA) is 81.5 Å². The van der Waals surface area contributed by atoms with Gasteiger partial charge in [0.2, 0.25) is 0 Å². The Kier molecular flexibility index (Phi) is 4.03. The molecule has 0 aromatic heterocycles. The highest BCUT2D eigenvalue weighted by atomic mass is 16.7. The number of carbonyl (C=O) groups excluding carboxylic acids is 1. The van der Waals surface area contributed by atoms with Crippen molar-refractivity contribution in [1.29, 1.82) is 0 Å². The van der Waals surface area contributed by atoms with Crippen LogP contribution in [0.1, 0.15) is 36.7 Å². The predicted molar refractivity (Wildman–Crippen MR) is 66.1 cm³/mol. The molecule has 18 heavy (non-hydrogen) atoms. The van der Waals surface area contributed by atoms with E-state index in [1.165, 1.54) is 12.1 Å². The Bertz CT molecular complexity index is 477. The van der Waals surface area contributed by atoms with E-state index in [1.54, 1.807) is 33.8 Å². The number of hydrogen-bond donors (Lipinski definition) is 1. The first-order valence-electron chi connectivity index (χ1n) is 5.44. The predicted octanol–water partition coefficient (Wildman–Crippen LogP) is 2.36. The lowest BCUT2D eigenvalue weighted by molar-refractivity contribution is -0.385. The van der Waals surface area contributed by atoms with E-state index in [1.807, 2.05) is 0 Å². The van der Waals surface area contributed by atoms with Gasteiger partial charge >= 0.3 is 0 Å². The highest BCUT2D eigenvalue weighted by Gasteiger charge is 2.22. The van der Waals surface area contributed by atoms with E-state index in [-0.39, 0.29) is 11.3 Å². The lowest BCUT2D eigenvalue weighted by Gasteiger charge is -2.18. The molecule has 6 nitrogen and oxygen atoms in total. The molecule has 98 valence electrons. The number of hydrogen-bond acceptors (Lipinski definition) is 4. The molecule has 0 saturated heterocycles. The van der Waals surface area contributed by atoms with Gasteiger partial charge in [0.1, 0.15) is 5.56 Å². The number of nitro groups is 1. The number of nitro benzene ring substituents is 1. The lowest BCUT2D eigenvalue weighted by Crippen LogP contribution is -2.33. The van der Waals surface area contributed by atoms with E-state index in [2.05, 4.69) is 5.48 Å². The summed E-state index contributed by atoms with van der Waals surface area (Å²) in [5, 5.41) is 10.8. The van der Waals surface area contributed by atoms with Crippen molar-refractivity contribution in [1.82, 2.24) is 5.48 Å². The number of amides is 1. The molecule has 0 aliphatic rings. The van der Waals surface area contributed by atoms with Crippen molar-refractivity contribution in [2.45, 2.75) is 33.3 Å². The molecule has 6 heteroatoms. The standard InChI is InChI=1S/C12H16N2O4/c1-8-5-6-10(14(16)17)9(7-8)11(15)13-18-12(2,3)4/h5-7H,1-4H3,(H,13,15). The molecule has 0 spiro atoms. The number of carbonyl (C=O) groups is 1. The molecular weight excluding hydrogens is 236 g/mol. The van der Waals surface area contributed by atoms with Crippen molar-refractivity contribution in [2.75, 3.05) is 0 Å². The van der Waals surface area contributed by atoms with Gasteiger partial charge in [-0.05, 0) is 39.3 Å². The number of nitrogens with zero attached hydrogens (tertiary/aromatic N) is 1. The average Bonchev–Trinajstić information content (AvgIpc) is 2.24. The second-order valence-corrected chi connectivity index (χ2v) is 4.92. The lowest BCUT2D eigenvalue weighted by atomic mass is 10.1. The molecule has 0 fully saturated rings. The van der Waals surface area contributed by atoms with Crippen molar-refractivity contribution < 1.29 is 14.6 Å². The van der Waals surface area contributed by atoms with Crippen molar-refractivity contribution in [3.8, 4) is 0 Å². The molecule has 1 aromatic carbocycles. The molecular formula is C12H16N2O4. The molecule has 0 saturated carbocycles. The van der Waals surface area contributed by atoms with Gasteiger partial charge < -0.3 is 0 Å². The zero-order valence-corrected chi connectivity index (χ0v) is 10.8. The van der Waals surface area contributed by atoms with Gasteiger partial charge in [-0.25, -0.2) is 5.48 Å². The summed E-state index contributed by atoms with van der Waals surface area (Å²) < 4.78 is 0. The van der Waals surface area contributed by atoms with E-state index in [0.717, 1.165) is 5.56 Å². The quantitative estimate of drug-likeness (QED) is 0.661. The first-order valence-corrected chi connectivity index (χ1v) is 5.44. The van der Waals surface area contributed by atoms with Gasteiger partial charge in [-0.3, -0.25) is 19.7 Å². The largest absolute Gasteiger partial charge is 0.282 e. The molecule has 0 bridgehead atoms. The monoisotopic (exact) mass is 252 g/mol. The number of rotatable bonds is 3. The summed E-state index contributed by atoms with van der Waals surface area (Å²) >= 11 is 0. The average molecular weight is 252 g/mol. The fraction of sp³-hybridized carbons (Fsp3) is 0.417. The Labute approximate surface area is 105 Å². The van der Waals surface area contributed by atoms with Crippen LogP contribution in [0, 0.1) is 17.0 Å². The number of benzene rings is 1. The molecule has 0 radical (unpaired) electrons. The fourth-order valence-electron chi connectivity index (χ4n) is 1.25. The molecule has 1 amide bonds. The minimum absolute atomic E-state index is 0.00995. The molecule has 0 heterocycles. The van der Waals surface area contributed by atoms with Gasteiger partial charge in [0.15, 0.2) is 0 Å². The van der Waals surface area contributed by atoms with Crippen molar-refractivity contribution in [2.24, 2.45) is 0 Å². The molecule has 0 aliphatic heterocycles. The Morgan fingerprint density at radius 1 is 1.39 bits per heavy atom. The van der Waals surface area contributed by atoms with E-state index >= 15 is 0 Å². The number of nitrogens with one attached hydrogen (secondary N) is 1. The molecule has 0 aliphatic carbocycles. The van der Waals surface area contributed by atoms with Crippen LogP contribution in [-0.4, -0.2) is 16.4 Å². The van der Waals surface area contributed by atoms with Crippen LogP contribution in [0.15, 0.2) is 18.2 Å². The zero-order chi connectivity index (χ0) is 13.9. The third-order valence-corrected chi connectivity index (χ3v) is 2.04. The van der Waals surface area contributed by atoms with Gasteiger partial charge in [-0.2, -0.15) is 0 Å². The minimum Gasteiger partial charge on any atom is -0.268 e. The Balaban J connectivity index is 2.97. The van der Waals surface area contributed by atoms with Gasteiger partial charge in [-0.15, -0.1) is 0 Å². The van der Waals surface area contributed by atoms with Gasteiger partial charge in [0, 0.05) is 6.07 Å². The first-order chi connectivity index (χ1) is 8.20. The van der Waals surface area contributed by atoms with Gasteiger partial charge in [-0.1, -0.05) is 6.07 Å². The third kappa shape index (κ3) is 3.81. The van der Waals surface area contributed by atoms with Crippen molar-refractivity contribution in [3.63, 3.8) is 0 Å². The number of aryl methyl sites for hydroxylation is 1. The third-order valence-electron chi connectivity index (χ3n) is 2.04. The van der Waals surface area contributed by atoms with Crippen LogP contribution in [0.5, 0.6) is 0 Å². The van der Waals surface area contributed by atoms with Crippen molar-refractivity contribution in [3.05, 3.63) is 39.4 Å².